The van der Waals surface area contributed by atoms with E-state index in [-0.39, 0.29) is 0 Å². The maximum absolute atomic E-state index is 5.94. The van der Waals surface area contributed by atoms with E-state index in [1.165, 1.54) is 18.4 Å². The quantitative estimate of drug-likeness (QED) is 0.803. The number of rotatable bonds is 4. The zero-order chi connectivity index (χ0) is 9.97. The predicted molar refractivity (Wildman–Crippen MR) is 60.9 cm³/mol. The van der Waals surface area contributed by atoms with Crippen molar-refractivity contribution in [2.24, 2.45) is 0 Å². The molecule has 1 unspecified atom stereocenters. The summed E-state index contributed by atoms with van der Waals surface area (Å²) in [6.45, 7) is 3.30. The van der Waals surface area contributed by atoms with E-state index in [2.05, 4.69) is 24.4 Å². The molecule has 1 aromatic carbocycles. The van der Waals surface area contributed by atoms with Crippen molar-refractivity contribution in [3.63, 3.8) is 0 Å². The standard InChI is InChI=1S/C12H16ClN/c1-9(8-14-12-5-6-12)10-3-2-4-11(13)7-10/h2-4,7,9,12,14H,5-6,8H2,1H3. The molecule has 0 radical (unpaired) electrons. The Balaban J connectivity index is 1.91. The van der Waals surface area contributed by atoms with Crippen LogP contribution in [0.4, 0.5) is 0 Å². The Bertz CT molecular complexity index is 307. The van der Waals surface area contributed by atoms with E-state index in [0.29, 0.717) is 5.92 Å². The molecule has 76 valence electrons. The van der Waals surface area contributed by atoms with Crippen LogP contribution in [0.15, 0.2) is 24.3 Å². The molecule has 0 spiro atoms. The Kier molecular flexibility index (Phi) is 3.09. The van der Waals surface area contributed by atoms with Crippen molar-refractivity contribution in [3.8, 4) is 0 Å². The average Bonchev–Trinajstić information content (AvgIpc) is 2.97. The highest BCUT2D eigenvalue weighted by Gasteiger charge is 2.21. The van der Waals surface area contributed by atoms with Crippen molar-refractivity contribution in [2.75, 3.05) is 6.54 Å². The molecule has 14 heavy (non-hydrogen) atoms. The van der Waals surface area contributed by atoms with Crippen LogP contribution < -0.4 is 5.32 Å². The molecule has 0 saturated heterocycles. The summed E-state index contributed by atoms with van der Waals surface area (Å²) < 4.78 is 0. The zero-order valence-electron chi connectivity index (χ0n) is 8.46. The third kappa shape index (κ3) is 2.73. The summed E-state index contributed by atoms with van der Waals surface area (Å²) in [4.78, 5) is 0. The Labute approximate surface area is 90.5 Å². The Morgan fingerprint density at radius 1 is 1.50 bits per heavy atom. The highest BCUT2D eigenvalue weighted by molar-refractivity contribution is 6.30. The summed E-state index contributed by atoms with van der Waals surface area (Å²) in [5.74, 6) is 0.550. The molecule has 1 aliphatic carbocycles. The van der Waals surface area contributed by atoms with E-state index in [1.807, 2.05) is 12.1 Å². The molecule has 0 aromatic heterocycles. The summed E-state index contributed by atoms with van der Waals surface area (Å²) in [7, 11) is 0. The molecule has 2 heteroatoms. The SMILES string of the molecule is CC(CNC1CC1)c1cccc(Cl)c1. The second-order valence-electron chi connectivity index (χ2n) is 4.14. The van der Waals surface area contributed by atoms with Crippen LogP contribution in [0.1, 0.15) is 31.2 Å². The van der Waals surface area contributed by atoms with Gasteiger partial charge in [0, 0.05) is 17.6 Å². The molecule has 1 nitrogen and oxygen atoms in total. The van der Waals surface area contributed by atoms with Crippen LogP contribution in [-0.4, -0.2) is 12.6 Å². The van der Waals surface area contributed by atoms with Gasteiger partial charge in [-0.2, -0.15) is 0 Å². The largest absolute Gasteiger partial charge is 0.313 e. The van der Waals surface area contributed by atoms with Gasteiger partial charge in [0.05, 0.1) is 0 Å². The summed E-state index contributed by atoms with van der Waals surface area (Å²) >= 11 is 5.94. The van der Waals surface area contributed by atoms with Crippen LogP contribution >= 0.6 is 11.6 Å². The number of nitrogens with one attached hydrogen (secondary N) is 1. The molecular formula is C12H16ClN. The van der Waals surface area contributed by atoms with Gasteiger partial charge >= 0.3 is 0 Å². The number of halogens is 1. The molecule has 0 bridgehead atoms. The molecule has 0 aliphatic heterocycles. The van der Waals surface area contributed by atoms with Crippen molar-refractivity contribution in [1.29, 1.82) is 0 Å². The fourth-order valence-electron chi connectivity index (χ4n) is 1.56. The fraction of sp³-hybridized carbons (Fsp3) is 0.500. The summed E-state index contributed by atoms with van der Waals surface area (Å²) in [5.41, 5.74) is 1.32. The molecule has 1 N–H and O–H groups in total. The molecule has 1 atom stereocenters. The van der Waals surface area contributed by atoms with Crippen molar-refractivity contribution in [3.05, 3.63) is 34.9 Å². The lowest BCUT2D eigenvalue weighted by Gasteiger charge is -2.12. The topological polar surface area (TPSA) is 12.0 Å². The molecule has 0 heterocycles. The first kappa shape index (κ1) is 10.0. The van der Waals surface area contributed by atoms with E-state index in [4.69, 9.17) is 11.6 Å². The van der Waals surface area contributed by atoms with Gasteiger partial charge in [0.2, 0.25) is 0 Å². The van der Waals surface area contributed by atoms with E-state index in [9.17, 15) is 0 Å². The molecule has 0 amide bonds. The lowest BCUT2D eigenvalue weighted by atomic mass is 10.0. The summed E-state index contributed by atoms with van der Waals surface area (Å²) in [5, 5.41) is 4.37. The minimum absolute atomic E-state index is 0.550. The van der Waals surface area contributed by atoms with Gasteiger partial charge in [-0.25, -0.2) is 0 Å². The monoisotopic (exact) mass is 209 g/mol. The first-order chi connectivity index (χ1) is 6.75. The van der Waals surface area contributed by atoms with E-state index >= 15 is 0 Å². The van der Waals surface area contributed by atoms with Crippen LogP contribution in [0.25, 0.3) is 0 Å². The van der Waals surface area contributed by atoms with Gasteiger partial charge in [-0.1, -0.05) is 30.7 Å². The third-order valence-corrected chi connectivity index (χ3v) is 2.94. The minimum atomic E-state index is 0.550. The summed E-state index contributed by atoms with van der Waals surface area (Å²) in [6, 6.07) is 8.93. The van der Waals surface area contributed by atoms with Crippen molar-refractivity contribution >= 4 is 11.6 Å². The minimum Gasteiger partial charge on any atom is -0.313 e. The number of benzene rings is 1. The molecular weight excluding hydrogens is 194 g/mol. The second kappa shape index (κ2) is 4.33. The molecule has 1 fully saturated rings. The smallest absolute Gasteiger partial charge is 0.0408 e. The predicted octanol–water partition coefficient (Wildman–Crippen LogP) is 3.20. The first-order valence-electron chi connectivity index (χ1n) is 5.24. The van der Waals surface area contributed by atoms with Gasteiger partial charge in [-0.15, -0.1) is 0 Å². The highest BCUT2D eigenvalue weighted by Crippen LogP contribution is 2.22. The second-order valence-corrected chi connectivity index (χ2v) is 4.58. The van der Waals surface area contributed by atoms with Gasteiger partial charge < -0.3 is 5.32 Å². The zero-order valence-corrected chi connectivity index (χ0v) is 9.22. The van der Waals surface area contributed by atoms with Crippen LogP contribution in [0.3, 0.4) is 0 Å². The Morgan fingerprint density at radius 3 is 2.93 bits per heavy atom. The van der Waals surface area contributed by atoms with Gasteiger partial charge in [-0.3, -0.25) is 0 Å². The number of hydrogen-bond acceptors (Lipinski definition) is 1. The van der Waals surface area contributed by atoms with Crippen molar-refractivity contribution < 1.29 is 0 Å². The molecule has 1 aliphatic rings. The highest BCUT2D eigenvalue weighted by atomic mass is 35.5. The first-order valence-corrected chi connectivity index (χ1v) is 5.62. The lowest BCUT2D eigenvalue weighted by molar-refractivity contribution is 0.612. The molecule has 1 saturated carbocycles. The number of hydrogen-bond donors (Lipinski definition) is 1. The van der Waals surface area contributed by atoms with Crippen LogP contribution in [-0.2, 0) is 0 Å². The van der Waals surface area contributed by atoms with Gasteiger partial charge in [0.15, 0.2) is 0 Å². The van der Waals surface area contributed by atoms with Gasteiger partial charge in [0.25, 0.3) is 0 Å². The van der Waals surface area contributed by atoms with Crippen molar-refractivity contribution in [1.82, 2.24) is 5.32 Å². The van der Waals surface area contributed by atoms with Crippen LogP contribution in [0.2, 0.25) is 5.02 Å². The fourth-order valence-corrected chi connectivity index (χ4v) is 1.76. The van der Waals surface area contributed by atoms with Crippen LogP contribution in [0.5, 0.6) is 0 Å². The van der Waals surface area contributed by atoms with E-state index in [1.54, 1.807) is 0 Å². The van der Waals surface area contributed by atoms with E-state index < -0.39 is 0 Å². The van der Waals surface area contributed by atoms with Gasteiger partial charge in [-0.05, 0) is 36.5 Å². The van der Waals surface area contributed by atoms with Crippen LogP contribution in [0, 0.1) is 0 Å². The Morgan fingerprint density at radius 2 is 2.29 bits per heavy atom. The third-order valence-electron chi connectivity index (χ3n) is 2.71. The summed E-state index contributed by atoms with van der Waals surface area (Å²) in [6.07, 6.45) is 2.70. The molecule has 2 rings (SSSR count). The lowest BCUT2D eigenvalue weighted by Crippen LogP contribution is -2.21. The normalized spacial score (nSPS) is 18.1. The van der Waals surface area contributed by atoms with Crippen molar-refractivity contribution in [2.45, 2.75) is 31.7 Å². The Hall–Kier alpha value is -0.530. The average molecular weight is 210 g/mol. The molecule has 1 aromatic rings. The maximum atomic E-state index is 5.94. The maximum Gasteiger partial charge on any atom is 0.0408 e. The van der Waals surface area contributed by atoms with Gasteiger partial charge in [0.1, 0.15) is 0 Å². The van der Waals surface area contributed by atoms with E-state index in [0.717, 1.165) is 17.6 Å².